The predicted molar refractivity (Wildman–Crippen MR) is 128 cm³/mol. The van der Waals surface area contributed by atoms with E-state index >= 15 is 0 Å². The van der Waals surface area contributed by atoms with Crippen molar-refractivity contribution in [3.8, 4) is 0 Å². The maximum absolute atomic E-state index is 13.3. The number of morpholine rings is 1. The Bertz CT molecular complexity index is 1110. The van der Waals surface area contributed by atoms with Crippen LogP contribution in [0.5, 0.6) is 0 Å². The van der Waals surface area contributed by atoms with Gasteiger partial charge in [-0.1, -0.05) is 12.1 Å². The number of amides is 1. The Labute approximate surface area is 202 Å². The average molecular weight is 485 g/mol. The fourth-order valence-corrected chi connectivity index (χ4v) is 5.43. The summed E-state index contributed by atoms with van der Waals surface area (Å²) in [6.45, 7) is 8.38. The lowest BCUT2D eigenvalue weighted by Gasteiger charge is -2.34. The van der Waals surface area contributed by atoms with E-state index in [1.807, 2.05) is 17.3 Å². The van der Waals surface area contributed by atoms with E-state index in [4.69, 9.17) is 4.74 Å². The third-order valence-corrected chi connectivity index (χ3v) is 7.51. The van der Waals surface area contributed by atoms with Crippen LogP contribution in [0.2, 0.25) is 0 Å². The third kappa shape index (κ3) is 5.13. The molecule has 1 aromatic carbocycles. The van der Waals surface area contributed by atoms with Crippen LogP contribution >= 0.6 is 11.3 Å². The molecule has 3 aromatic rings. The molecule has 2 aliphatic rings. The molecule has 1 atom stereocenters. The van der Waals surface area contributed by atoms with E-state index in [0.29, 0.717) is 26.2 Å². The van der Waals surface area contributed by atoms with Gasteiger partial charge in [-0.15, -0.1) is 11.3 Å². The van der Waals surface area contributed by atoms with Crippen molar-refractivity contribution in [2.24, 2.45) is 0 Å². The van der Waals surface area contributed by atoms with Crippen LogP contribution in [-0.2, 0) is 22.6 Å². The highest BCUT2D eigenvalue weighted by Gasteiger charge is 2.26. The molecule has 0 radical (unpaired) electrons. The van der Waals surface area contributed by atoms with Crippen molar-refractivity contribution in [2.75, 3.05) is 50.8 Å². The summed E-state index contributed by atoms with van der Waals surface area (Å²) in [6.07, 6.45) is 5.54. The molecule has 0 unspecified atom stereocenters. The number of anilines is 1. The minimum Gasteiger partial charge on any atom is -0.378 e. The number of carbonyl (C=O) groups is 1. The molecule has 0 N–H and O–H groups in total. The van der Waals surface area contributed by atoms with E-state index < -0.39 is 0 Å². The van der Waals surface area contributed by atoms with Gasteiger partial charge in [-0.05, 0) is 24.6 Å². The number of ether oxygens (including phenoxy) is 1. The molecule has 1 amide bonds. The minimum absolute atomic E-state index is 0.0297. The summed E-state index contributed by atoms with van der Waals surface area (Å²) in [6, 6.07) is 6.59. The number of carbonyl (C=O) groups excluding carboxylic acids is 1. The number of piperazine rings is 1. The van der Waals surface area contributed by atoms with Gasteiger partial charge in [0.25, 0.3) is 0 Å². The number of aromatic nitrogens is 3. The highest BCUT2D eigenvalue weighted by molar-refractivity contribution is 7.15. The number of hydrogen-bond donors (Lipinski definition) is 0. The van der Waals surface area contributed by atoms with Crippen molar-refractivity contribution in [1.82, 2.24) is 24.3 Å². The van der Waals surface area contributed by atoms with Gasteiger partial charge in [0.1, 0.15) is 5.82 Å². The van der Waals surface area contributed by atoms with E-state index in [1.54, 1.807) is 29.8 Å². The fraction of sp³-hybridized carbons (Fsp3) is 0.458. The molecule has 34 heavy (non-hydrogen) atoms. The highest BCUT2D eigenvalue weighted by atomic mass is 32.1. The molecule has 2 aliphatic heterocycles. The van der Waals surface area contributed by atoms with E-state index in [1.165, 1.54) is 12.1 Å². The molecule has 4 heterocycles. The molecule has 0 aliphatic carbocycles. The Hall–Kier alpha value is -2.82. The fourth-order valence-electron chi connectivity index (χ4n) is 4.45. The molecule has 8 nitrogen and oxygen atoms in total. The van der Waals surface area contributed by atoms with Gasteiger partial charge in [0, 0.05) is 50.0 Å². The maximum atomic E-state index is 13.3. The van der Waals surface area contributed by atoms with Crippen LogP contribution in [0.1, 0.15) is 29.1 Å². The van der Waals surface area contributed by atoms with Crippen molar-refractivity contribution >= 4 is 22.4 Å². The first-order chi connectivity index (χ1) is 16.6. The van der Waals surface area contributed by atoms with E-state index in [0.717, 1.165) is 54.1 Å². The Kier molecular flexibility index (Phi) is 6.89. The summed E-state index contributed by atoms with van der Waals surface area (Å²) in [7, 11) is 0. The molecule has 2 saturated heterocycles. The molecular formula is C24H29FN6O2S. The lowest BCUT2D eigenvalue weighted by molar-refractivity contribution is -0.136. The van der Waals surface area contributed by atoms with Crippen molar-refractivity contribution in [2.45, 2.75) is 26.1 Å². The first kappa shape index (κ1) is 22.9. The van der Waals surface area contributed by atoms with E-state index in [-0.39, 0.29) is 17.8 Å². The van der Waals surface area contributed by atoms with Gasteiger partial charge in [0.15, 0.2) is 5.13 Å². The minimum atomic E-state index is -0.242. The van der Waals surface area contributed by atoms with Crippen LogP contribution in [0.4, 0.5) is 9.52 Å². The van der Waals surface area contributed by atoms with Gasteiger partial charge in [-0.2, -0.15) is 0 Å². The van der Waals surface area contributed by atoms with Crippen molar-refractivity contribution in [3.05, 3.63) is 64.9 Å². The second-order valence-corrected chi connectivity index (χ2v) is 9.85. The van der Waals surface area contributed by atoms with Crippen molar-refractivity contribution < 1.29 is 13.9 Å². The number of thiazole rings is 1. The molecule has 0 bridgehead atoms. The summed E-state index contributed by atoms with van der Waals surface area (Å²) in [4.78, 5) is 29.2. The average Bonchev–Trinajstić information content (AvgIpc) is 3.51. The summed E-state index contributed by atoms with van der Waals surface area (Å²) in [5, 5.41) is 1.01. The van der Waals surface area contributed by atoms with Gasteiger partial charge < -0.3 is 19.1 Å². The topological polar surface area (TPSA) is 66.7 Å². The molecule has 0 spiro atoms. The first-order valence-corrected chi connectivity index (χ1v) is 12.4. The number of benzene rings is 1. The summed E-state index contributed by atoms with van der Waals surface area (Å²) in [5.74, 6) is -0.112. The zero-order valence-corrected chi connectivity index (χ0v) is 20.1. The van der Waals surface area contributed by atoms with E-state index in [9.17, 15) is 9.18 Å². The van der Waals surface area contributed by atoms with Crippen LogP contribution in [-0.4, -0.2) is 76.2 Å². The summed E-state index contributed by atoms with van der Waals surface area (Å²) in [5.41, 5.74) is 2.05. The first-order valence-electron chi connectivity index (χ1n) is 11.6. The summed E-state index contributed by atoms with van der Waals surface area (Å²) >= 11 is 1.66. The smallest absolute Gasteiger partial charge is 0.237 e. The van der Waals surface area contributed by atoms with Crippen LogP contribution in [0.3, 0.4) is 0 Å². The molecule has 2 fully saturated rings. The second-order valence-electron chi connectivity index (χ2n) is 8.75. The monoisotopic (exact) mass is 484 g/mol. The normalized spacial score (nSPS) is 18.5. The lowest BCUT2D eigenvalue weighted by Crippen LogP contribution is -2.49. The molecule has 2 aromatic heterocycles. The van der Waals surface area contributed by atoms with Gasteiger partial charge >= 0.3 is 0 Å². The highest BCUT2D eigenvalue weighted by Crippen LogP contribution is 2.25. The largest absolute Gasteiger partial charge is 0.378 e. The SMILES string of the molecule is C[C@H](c1ccc(F)cc1)n1cncc1CN1CCN(Cc2cnc(N3CCOCC3)s2)C(=O)C1. The maximum Gasteiger partial charge on any atom is 0.237 e. The van der Waals surface area contributed by atoms with Crippen LogP contribution in [0, 0.1) is 5.82 Å². The van der Waals surface area contributed by atoms with Crippen LogP contribution in [0.15, 0.2) is 43.0 Å². The molecule has 10 heteroatoms. The van der Waals surface area contributed by atoms with Crippen LogP contribution in [0.25, 0.3) is 0 Å². The quantitative estimate of drug-likeness (QED) is 0.514. The Balaban J connectivity index is 1.17. The standard InChI is InChI=1S/C24H29FN6O2S/c1-18(19-2-4-20(25)5-3-19)31-17-26-12-21(31)14-28-6-7-30(23(32)16-28)15-22-13-27-24(34-22)29-8-10-33-11-9-29/h2-5,12-13,17-18H,6-11,14-16H2,1H3/t18-/m1/s1. The van der Waals surface area contributed by atoms with Crippen molar-refractivity contribution in [3.63, 3.8) is 0 Å². The Morgan fingerprint density at radius 2 is 1.88 bits per heavy atom. The number of hydrogen-bond acceptors (Lipinski definition) is 7. The van der Waals surface area contributed by atoms with Gasteiger partial charge in [0.05, 0.1) is 44.4 Å². The third-order valence-electron chi connectivity index (χ3n) is 6.47. The van der Waals surface area contributed by atoms with Crippen LogP contribution < -0.4 is 4.90 Å². The van der Waals surface area contributed by atoms with Gasteiger partial charge in [-0.3, -0.25) is 9.69 Å². The number of nitrogens with zero attached hydrogens (tertiary/aromatic N) is 6. The Morgan fingerprint density at radius 3 is 2.65 bits per heavy atom. The molecule has 0 saturated carbocycles. The zero-order chi connectivity index (χ0) is 23.5. The zero-order valence-electron chi connectivity index (χ0n) is 19.3. The van der Waals surface area contributed by atoms with Gasteiger partial charge in [0.2, 0.25) is 5.91 Å². The van der Waals surface area contributed by atoms with Gasteiger partial charge in [-0.25, -0.2) is 14.4 Å². The molecule has 5 rings (SSSR count). The number of halogens is 1. The van der Waals surface area contributed by atoms with E-state index in [2.05, 4.69) is 31.3 Å². The predicted octanol–water partition coefficient (Wildman–Crippen LogP) is 2.77. The molecular weight excluding hydrogens is 455 g/mol. The van der Waals surface area contributed by atoms with Crippen molar-refractivity contribution in [1.29, 1.82) is 0 Å². The number of rotatable bonds is 7. The number of imidazole rings is 1. The summed E-state index contributed by atoms with van der Waals surface area (Å²) < 4.78 is 20.8. The second kappa shape index (κ2) is 10.2. The Morgan fingerprint density at radius 1 is 1.09 bits per heavy atom. The lowest BCUT2D eigenvalue weighted by atomic mass is 10.1. The molecule has 180 valence electrons.